The van der Waals surface area contributed by atoms with Crippen molar-refractivity contribution >= 4 is 5.91 Å². The molecule has 0 bridgehead atoms. The van der Waals surface area contributed by atoms with Crippen LogP contribution in [0.3, 0.4) is 0 Å². The summed E-state index contributed by atoms with van der Waals surface area (Å²) in [6.45, 7) is 2.15. The Kier molecular flexibility index (Phi) is 5.13. The Balaban J connectivity index is 1.42. The molecule has 2 fully saturated rings. The fraction of sp³-hybridized carbons (Fsp3) is 0.611. The van der Waals surface area contributed by atoms with Crippen LogP contribution in [0.5, 0.6) is 0 Å². The predicted molar refractivity (Wildman–Crippen MR) is 83.4 cm³/mol. The second-order valence-corrected chi connectivity index (χ2v) is 6.72. The van der Waals surface area contributed by atoms with Crippen molar-refractivity contribution in [2.24, 2.45) is 5.92 Å². The number of rotatable bonds is 6. The van der Waals surface area contributed by atoms with Crippen LogP contribution in [-0.4, -0.2) is 36.6 Å². The Morgan fingerprint density at radius 3 is 2.50 bits per heavy atom. The van der Waals surface area contributed by atoms with Crippen molar-refractivity contribution in [3.05, 3.63) is 35.4 Å². The summed E-state index contributed by atoms with van der Waals surface area (Å²) in [6.07, 6.45) is -0.0224. The number of aryl methyl sites for hydroxylation is 1. The van der Waals surface area contributed by atoms with Gasteiger partial charge in [0.1, 0.15) is 0 Å². The zero-order valence-corrected chi connectivity index (χ0v) is 13.5. The Hall–Kier alpha value is -1.56. The van der Waals surface area contributed by atoms with Crippen molar-refractivity contribution < 1.29 is 22.7 Å². The molecule has 1 atom stereocenters. The lowest BCUT2D eigenvalue weighted by Gasteiger charge is -2.17. The molecule has 0 N–H and O–H groups in total. The SMILES string of the molecule is O=C(CCc1ccc(C(F)(F)F)cc1)N1CCC(OCC2CC2)C1. The van der Waals surface area contributed by atoms with E-state index in [1.54, 1.807) is 0 Å². The number of nitrogens with zero attached hydrogens (tertiary/aromatic N) is 1. The van der Waals surface area contributed by atoms with E-state index in [-0.39, 0.29) is 12.0 Å². The third-order valence-electron chi connectivity index (χ3n) is 4.67. The van der Waals surface area contributed by atoms with Gasteiger partial charge >= 0.3 is 6.18 Å². The number of carbonyl (C=O) groups excluding carboxylic acids is 1. The number of carbonyl (C=O) groups is 1. The number of amides is 1. The molecule has 1 aromatic rings. The maximum atomic E-state index is 12.5. The van der Waals surface area contributed by atoms with Gasteiger partial charge in [-0.3, -0.25) is 4.79 Å². The number of ether oxygens (including phenoxy) is 1. The number of hydrogen-bond donors (Lipinski definition) is 0. The molecule has 2 aliphatic rings. The van der Waals surface area contributed by atoms with Crippen LogP contribution in [0, 0.1) is 5.92 Å². The van der Waals surface area contributed by atoms with Crippen LogP contribution in [0.1, 0.15) is 36.8 Å². The minimum atomic E-state index is -4.32. The van der Waals surface area contributed by atoms with Gasteiger partial charge in [-0.1, -0.05) is 12.1 Å². The Morgan fingerprint density at radius 1 is 1.17 bits per heavy atom. The van der Waals surface area contributed by atoms with E-state index in [1.807, 2.05) is 4.90 Å². The van der Waals surface area contributed by atoms with Gasteiger partial charge in [-0.15, -0.1) is 0 Å². The van der Waals surface area contributed by atoms with Gasteiger partial charge in [0.2, 0.25) is 5.91 Å². The average Bonchev–Trinajstić information content (AvgIpc) is 3.26. The summed E-state index contributed by atoms with van der Waals surface area (Å²) in [5, 5.41) is 0. The van der Waals surface area contributed by atoms with E-state index in [0.717, 1.165) is 36.6 Å². The molecule has 0 aromatic heterocycles. The van der Waals surface area contributed by atoms with Crippen LogP contribution in [0.15, 0.2) is 24.3 Å². The summed E-state index contributed by atoms with van der Waals surface area (Å²) in [5.41, 5.74) is 0.0878. The van der Waals surface area contributed by atoms with Crippen LogP contribution >= 0.6 is 0 Å². The second-order valence-electron chi connectivity index (χ2n) is 6.72. The molecule has 6 heteroatoms. The fourth-order valence-electron chi connectivity index (χ4n) is 2.92. The van der Waals surface area contributed by atoms with Gasteiger partial charge in [0.05, 0.1) is 11.7 Å². The molecule has 1 saturated heterocycles. The first-order chi connectivity index (χ1) is 11.4. The van der Waals surface area contributed by atoms with Gasteiger partial charge in [0, 0.05) is 26.1 Å². The molecule has 1 unspecified atom stereocenters. The molecule has 1 aliphatic heterocycles. The van der Waals surface area contributed by atoms with Crippen molar-refractivity contribution in [3.63, 3.8) is 0 Å². The molecule has 1 saturated carbocycles. The number of hydrogen-bond acceptors (Lipinski definition) is 2. The molecule has 1 heterocycles. The van der Waals surface area contributed by atoms with Crippen LogP contribution in [0.4, 0.5) is 13.2 Å². The molecule has 132 valence electrons. The number of alkyl halides is 3. The van der Waals surface area contributed by atoms with Crippen molar-refractivity contribution in [1.82, 2.24) is 4.90 Å². The highest BCUT2D eigenvalue weighted by Gasteiger charge is 2.30. The highest BCUT2D eigenvalue weighted by molar-refractivity contribution is 5.76. The van der Waals surface area contributed by atoms with E-state index in [0.29, 0.717) is 25.9 Å². The van der Waals surface area contributed by atoms with E-state index in [9.17, 15) is 18.0 Å². The third-order valence-corrected chi connectivity index (χ3v) is 4.67. The molecule has 1 aliphatic carbocycles. The number of likely N-dealkylation sites (tertiary alicyclic amines) is 1. The van der Waals surface area contributed by atoms with Gasteiger partial charge in [0.15, 0.2) is 0 Å². The first kappa shape index (κ1) is 17.3. The maximum absolute atomic E-state index is 12.5. The van der Waals surface area contributed by atoms with Gasteiger partial charge < -0.3 is 9.64 Å². The Bertz CT molecular complexity index is 567. The van der Waals surface area contributed by atoms with Crippen LogP contribution in [0.25, 0.3) is 0 Å². The molecule has 1 aromatic carbocycles. The van der Waals surface area contributed by atoms with E-state index >= 15 is 0 Å². The van der Waals surface area contributed by atoms with Crippen LogP contribution in [-0.2, 0) is 22.1 Å². The smallest absolute Gasteiger partial charge is 0.376 e. The van der Waals surface area contributed by atoms with Gasteiger partial charge in [0.25, 0.3) is 0 Å². The lowest BCUT2D eigenvalue weighted by Crippen LogP contribution is -2.30. The summed E-state index contributed by atoms with van der Waals surface area (Å²) >= 11 is 0. The molecule has 0 spiro atoms. The standard InChI is InChI=1S/C18H22F3NO2/c19-18(20,21)15-6-3-13(4-7-15)5-8-17(23)22-10-9-16(11-22)24-12-14-1-2-14/h3-4,6-7,14,16H,1-2,5,8-12H2. The fourth-order valence-corrected chi connectivity index (χ4v) is 2.92. The van der Waals surface area contributed by atoms with E-state index in [4.69, 9.17) is 4.74 Å². The van der Waals surface area contributed by atoms with Crippen molar-refractivity contribution in [2.45, 2.75) is 44.4 Å². The normalized spacial score (nSPS) is 21.3. The summed E-state index contributed by atoms with van der Waals surface area (Å²) in [7, 11) is 0. The number of halogens is 3. The van der Waals surface area contributed by atoms with Gasteiger partial charge in [-0.05, 0) is 49.3 Å². The minimum Gasteiger partial charge on any atom is -0.376 e. The molecule has 3 nitrogen and oxygen atoms in total. The maximum Gasteiger partial charge on any atom is 0.416 e. The van der Waals surface area contributed by atoms with Gasteiger partial charge in [-0.25, -0.2) is 0 Å². The predicted octanol–water partition coefficient (Wildman–Crippen LogP) is 3.67. The summed E-state index contributed by atoms with van der Waals surface area (Å²) < 4.78 is 43.4. The Morgan fingerprint density at radius 2 is 1.88 bits per heavy atom. The molecule has 1 amide bonds. The van der Waals surface area contributed by atoms with Crippen molar-refractivity contribution in [1.29, 1.82) is 0 Å². The largest absolute Gasteiger partial charge is 0.416 e. The second kappa shape index (κ2) is 7.13. The van der Waals surface area contributed by atoms with Crippen molar-refractivity contribution in [3.8, 4) is 0 Å². The van der Waals surface area contributed by atoms with E-state index < -0.39 is 11.7 Å². The average molecular weight is 341 g/mol. The van der Waals surface area contributed by atoms with Crippen LogP contribution < -0.4 is 0 Å². The molecule has 24 heavy (non-hydrogen) atoms. The molecular formula is C18H22F3NO2. The minimum absolute atomic E-state index is 0.0485. The zero-order valence-electron chi connectivity index (χ0n) is 13.5. The first-order valence-corrected chi connectivity index (χ1v) is 8.47. The van der Waals surface area contributed by atoms with E-state index in [2.05, 4.69) is 0 Å². The van der Waals surface area contributed by atoms with Gasteiger partial charge in [-0.2, -0.15) is 13.2 Å². The molecule has 0 radical (unpaired) electrons. The lowest BCUT2D eigenvalue weighted by atomic mass is 10.1. The third kappa shape index (κ3) is 4.72. The topological polar surface area (TPSA) is 29.5 Å². The first-order valence-electron chi connectivity index (χ1n) is 8.47. The lowest BCUT2D eigenvalue weighted by molar-refractivity contribution is -0.137. The highest BCUT2D eigenvalue weighted by Crippen LogP contribution is 2.30. The molecular weight excluding hydrogens is 319 g/mol. The summed E-state index contributed by atoms with van der Waals surface area (Å²) in [5.74, 6) is 0.766. The molecule has 3 rings (SSSR count). The summed E-state index contributed by atoms with van der Waals surface area (Å²) in [4.78, 5) is 14.0. The number of benzene rings is 1. The monoisotopic (exact) mass is 341 g/mol. The zero-order chi connectivity index (χ0) is 17.2. The quantitative estimate of drug-likeness (QED) is 0.790. The van der Waals surface area contributed by atoms with Crippen LogP contribution in [0.2, 0.25) is 0 Å². The van der Waals surface area contributed by atoms with Crippen molar-refractivity contribution in [2.75, 3.05) is 19.7 Å². The van der Waals surface area contributed by atoms with E-state index in [1.165, 1.54) is 25.0 Å². The highest BCUT2D eigenvalue weighted by atomic mass is 19.4. The Labute approximate surface area is 139 Å². The summed E-state index contributed by atoms with van der Waals surface area (Å²) in [6, 6.07) is 5.03.